The van der Waals surface area contributed by atoms with Crippen molar-refractivity contribution in [1.29, 1.82) is 0 Å². The molecular formula is C12H23NO4. The summed E-state index contributed by atoms with van der Waals surface area (Å²) in [5, 5.41) is 9.40. The van der Waals surface area contributed by atoms with Crippen LogP contribution < -0.4 is 0 Å². The smallest absolute Gasteiger partial charge is 0.311 e. The first-order valence-electron chi connectivity index (χ1n) is 6.09. The number of methoxy groups -OCH3 is 1. The van der Waals surface area contributed by atoms with Crippen molar-refractivity contribution in [3.63, 3.8) is 0 Å². The van der Waals surface area contributed by atoms with E-state index in [-0.39, 0.29) is 0 Å². The fourth-order valence-corrected chi connectivity index (χ4v) is 2.28. The number of hydrogen-bond donors (Lipinski definition) is 1. The molecule has 0 saturated carbocycles. The fourth-order valence-electron chi connectivity index (χ4n) is 2.28. The molecule has 0 aromatic heterocycles. The van der Waals surface area contributed by atoms with Crippen LogP contribution in [0.3, 0.4) is 0 Å². The average molecular weight is 245 g/mol. The van der Waals surface area contributed by atoms with Crippen molar-refractivity contribution < 1.29 is 19.4 Å². The average Bonchev–Trinajstić information content (AvgIpc) is 2.30. The third-order valence-corrected chi connectivity index (χ3v) is 3.36. The summed E-state index contributed by atoms with van der Waals surface area (Å²) in [4.78, 5) is 13.5. The number of carboxylic acid groups (broad SMARTS) is 1. The Kier molecular flexibility index (Phi) is 5.88. The van der Waals surface area contributed by atoms with Gasteiger partial charge in [0, 0.05) is 40.0 Å². The zero-order valence-corrected chi connectivity index (χ0v) is 10.8. The van der Waals surface area contributed by atoms with E-state index in [1.165, 1.54) is 0 Å². The van der Waals surface area contributed by atoms with Crippen LogP contribution in [0.25, 0.3) is 0 Å². The van der Waals surface area contributed by atoms with E-state index in [0.29, 0.717) is 39.2 Å². The first-order valence-corrected chi connectivity index (χ1v) is 6.09. The minimum absolute atomic E-state index is 0.554. The molecule has 0 spiro atoms. The van der Waals surface area contributed by atoms with E-state index < -0.39 is 11.4 Å². The van der Waals surface area contributed by atoms with Gasteiger partial charge in [0.15, 0.2) is 0 Å². The van der Waals surface area contributed by atoms with Gasteiger partial charge in [0.05, 0.1) is 5.41 Å². The molecule has 0 unspecified atom stereocenters. The molecule has 0 aromatic carbocycles. The van der Waals surface area contributed by atoms with Crippen molar-refractivity contribution in [1.82, 2.24) is 4.90 Å². The van der Waals surface area contributed by atoms with Crippen molar-refractivity contribution in [2.45, 2.75) is 19.3 Å². The summed E-state index contributed by atoms with van der Waals surface area (Å²) < 4.78 is 10.2. The molecule has 1 N–H and O–H groups in total. The van der Waals surface area contributed by atoms with Crippen LogP contribution in [0.2, 0.25) is 0 Å². The lowest BCUT2D eigenvalue weighted by atomic mass is 9.80. The van der Waals surface area contributed by atoms with Gasteiger partial charge >= 0.3 is 5.97 Å². The van der Waals surface area contributed by atoms with E-state index in [1.807, 2.05) is 7.05 Å². The lowest BCUT2D eigenvalue weighted by Gasteiger charge is -2.36. The van der Waals surface area contributed by atoms with Gasteiger partial charge in [-0.05, 0) is 26.3 Å². The van der Waals surface area contributed by atoms with Gasteiger partial charge in [-0.25, -0.2) is 0 Å². The Morgan fingerprint density at radius 1 is 1.47 bits per heavy atom. The number of ether oxygens (including phenoxy) is 2. The molecule has 1 saturated heterocycles. The van der Waals surface area contributed by atoms with E-state index in [2.05, 4.69) is 4.90 Å². The lowest BCUT2D eigenvalue weighted by molar-refractivity contribution is -0.156. The predicted octanol–water partition coefficient (Wildman–Crippen LogP) is 0.836. The quantitative estimate of drug-likeness (QED) is 0.673. The van der Waals surface area contributed by atoms with Gasteiger partial charge < -0.3 is 19.5 Å². The summed E-state index contributed by atoms with van der Waals surface area (Å²) in [7, 11) is 3.65. The highest BCUT2D eigenvalue weighted by Gasteiger charge is 2.40. The summed E-state index contributed by atoms with van der Waals surface area (Å²) in [6.45, 7) is 3.28. The maximum Gasteiger partial charge on any atom is 0.311 e. The highest BCUT2D eigenvalue weighted by Crippen LogP contribution is 2.31. The Balaban J connectivity index is 2.45. The summed E-state index contributed by atoms with van der Waals surface area (Å²) >= 11 is 0. The van der Waals surface area contributed by atoms with Crippen molar-refractivity contribution in [3.05, 3.63) is 0 Å². The van der Waals surface area contributed by atoms with Crippen LogP contribution in [0.5, 0.6) is 0 Å². The Morgan fingerprint density at radius 2 is 2.12 bits per heavy atom. The Bertz CT molecular complexity index is 239. The zero-order chi connectivity index (χ0) is 12.7. The van der Waals surface area contributed by atoms with Crippen LogP contribution in [-0.4, -0.2) is 63.0 Å². The molecule has 1 heterocycles. The molecular weight excluding hydrogens is 222 g/mol. The second-order valence-corrected chi connectivity index (χ2v) is 4.78. The van der Waals surface area contributed by atoms with E-state index in [9.17, 15) is 9.90 Å². The second-order valence-electron chi connectivity index (χ2n) is 4.78. The normalized spacial score (nSPS) is 19.5. The summed E-state index contributed by atoms with van der Waals surface area (Å²) in [6, 6.07) is 0. The van der Waals surface area contributed by atoms with Crippen molar-refractivity contribution in [2.24, 2.45) is 5.41 Å². The monoisotopic (exact) mass is 245 g/mol. The van der Waals surface area contributed by atoms with Gasteiger partial charge in [-0.2, -0.15) is 0 Å². The molecule has 0 aliphatic carbocycles. The van der Waals surface area contributed by atoms with Gasteiger partial charge in [0.2, 0.25) is 0 Å². The lowest BCUT2D eigenvalue weighted by Crippen LogP contribution is -2.45. The molecule has 0 amide bonds. The molecule has 1 rings (SSSR count). The number of hydrogen-bond acceptors (Lipinski definition) is 4. The first-order chi connectivity index (χ1) is 8.10. The van der Waals surface area contributed by atoms with Gasteiger partial charge in [-0.15, -0.1) is 0 Å². The molecule has 0 aromatic rings. The van der Waals surface area contributed by atoms with Crippen LogP contribution in [0.4, 0.5) is 0 Å². The molecule has 1 fully saturated rings. The molecule has 100 valence electrons. The van der Waals surface area contributed by atoms with E-state index in [0.717, 1.165) is 13.0 Å². The maximum absolute atomic E-state index is 11.4. The third-order valence-electron chi connectivity index (χ3n) is 3.36. The molecule has 5 nitrogen and oxygen atoms in total. The number of carbonyl (C=O) groups is 1. The zero-order valence-electron chi connectivity index (χ0n) is 10.8. The highest BCUT2D eigenvalue weighted by molar-refractivity contribution is 5.75. The van der Waals surface area contributed by atoms with E-state index in [4.69, 9.17) is 9.47 Å². The molecule has 0 bridgehead atoms. The van der Waals surface area contributed by atoms with Crippen LogP contribution in [-0.2, 0) is 14.3 Å². The number of carboxylic acids is 1. The minimum atomic E-state index is -0.695. The number of aliphatic carboxylic acids is 1. The predicted molar refractivity (Wildman–Crippen MR) is 64.1 cm³/mol. The molecule has 1 aliphatic heterocycles. The SMILES string of the molecule is COCCCN(C)CC1(C(=O)O)CCOCC1. The van der Waals surface area contributed by atoms with E-state index in [1.54, 1.807) is 7.11 Å². The Hall–Kier alpha value is -0.650. The Labute approximate surface area is 103 Å². The molecule has 0 radical (unpaired) electrons. The molecule has 17 heavy (non-hydrogen) atoms. The number of rotatable bonds is 7. The molecule has 0 atom stereocenters. The fraction of sp³-hybridized carbons (Fsp3) is 0.917. The van der Waals surface area contributed by atoms with Crippen LogP contribution in [0.1, 0.15) is 19.3 Å². The second kappa shape index (κ2) is 6.93. The van der Waals surface area contributed by atoms with Gasteiger partial charge in [0.1, 0.15) is 0 Å². The first kappa shape index (κ1) is 14.4. The highest BCUT2D eigenvalue weighted by atomic mass is 16.5. The van der Waals surface area contributed by atoms with Crippen LogP contribution in [0, 0.1) is 5.41 Å². The van der Waals surface area contributed by atoms with Crippen molar-refractivity contribution >= 4 is 5.97 Å². The molecule has 5 heteroatoms. The van der Waals surface area contributed by atoms with Crippen molar-refractivity contribution in [2.75, 3.05) is 47.1 Å². The van der Waals surface area contributed by atoms with Crippen molar-refractivity contribution in [3.8, 4) is 0 Å². The topological polar surface area (TPSA) is 59.0 Å². The van der Waals surface area contributed by atoms with Crippen LogP contribution in [0.15, 0.2) is 0 Å². The van der Waals surface area contributed by atoms with Gasteiger partial charge in [-0.3, -0.25) is 4.79 Å². The summed E-state index contributed by atoms with van der Waals surface area (Å²) in [5.41, 5.74) is -0.625. The van der Waals surface area contributed by atoms with E-state index >= 15 is 0 Å². The van der Waals surface area contributed by atoms with Gasteiger partial charge in [-0.1, -0.05) is 0 Å². The largest absolute Gasteiger partial charge is 0.481 e. The maximum atomic E-state index is 11.4. The standard InChI is InChI=1S/C12H23NO4/c1-13(6-3-7-16-2)10-12(11(14)15)4-8-17-9-5-12/h3-10H2,1-2H3,(H,14,15). The summed E-state index contributed by atoms with van der Waals surface area (Å²) in [6.07, 6.45) is 2.15. The van der Waals surface area contributed by atoms with Crippen LogP contribution >= 0.6 is 0 Å². The minimum Gasteiger partial charge on any atom is -0.481 e. The molecule has 1 aliphatic rings. The third kappa shape index (κ3) is 4.26. The Morgan fingerprint density at radius 3 is 2.65 bits per heavy atom. The van der Waals surface area contributed by atoms with Gasteiger partial charge in [0.25, 0.3) is 0 Å². The summed E-state index contributed by atoms with van der Waals surface area (Å²) in [5.74, 6) is -0.695. The number of nitrogens with zero attached hydrogens (tertiary/aromatic N) is 1.